The van der Waals surface area contributed by atoms with Crippen LogP contribution in [0.25, 0.3) is 0 Å². The molecule has 1 aliphatic rings. The lowest BCUT2D eigenvalue weighted by Crippen LogP contribution is -2.56. The van der Waals surface area contributed by atoms with E-state index in [-0.39, 0.29) is 42.3 Å². The Bertz CT molecular complexity index is 302. The van der Waals surface area contributed by atoms with E-state index in [9.17, 15) is 4.79 Å². The maximum Gasteiger partial charge on any atom is 0.237 e. The molecule has 0 radical (unpaired) electrons. The fourth-order valence-electron chi connectivity index (χ4n) is 2.69. The summed E-state index contributed by atoms with van der Waals surface area (Å²) in [6.07, 6.45) is 2.02. The zero-order valence-electron chi connectivity index (χ0n) is 14.3. The molecule has 134 valence electrons. The summed E-state index contributed by atoms with van der Waals surface area (Å²) >= 11 is 0. The van der Waals surface area contributed by atoms with Crippen molar-refractivity contribution in [1.29, 1.82) is 0 Å². The zero-order chi connectivity index (χ0) is 15.2. The minimum atomic E-state index is -0.376. The Hall–Kier alpha value is -0.0700. The van der Waals surface area contributed by atoms with E-state index >= 15 is 0 Å². The number of morpholine rings is 1. The lowest BCUT2D eigenvalue weighted by atomic mass is 9.91. The first-order valence-electron chi connectivity index (χ1n) is 7.77. The normalized spacial score (nSPS) is 17.4. The number of nitrogens with zero attached hydrogens (tertiary/aromatic N) is 1. The summed E-state index contributed by atoms with van der Waals surface area (Å²) < 4.78 is 5.40. The van der Waals surface area contributed by atoms with Gasteiger partial charge in [0.15, 0.2) is 0 Å². The number of hydrogen-bond acceptors (Lipinski definition) is 4. The van der Waals surface area contributed by atoms with Crippen molar-refractivity contribution in [3.63, 3.8) is 0 Å². The van der Waals surface area contributed by atoms with Crippen molar-refractivity contribution in [2.45, 2.75) is 52.1 Å². The van der Waals surface area contributed by atoms with Crippen molar-refractivity contribution in [2.24, 2.45) is 11.7 Å². The summed E-state index contributed by atoms with van der Waals surface area (Å²) in [5, 5.41) is 3.02. The van der Waals surface area contributed by atoms with Gasteiger partial charge in [0, 0.05) is 25.2 Å². The monoisotopic (exact) mass is 357 g/mol. The van der Waals surface area contributed by atoms with E-state index in [1.165, 1.54) is 0 Å². The second-order valence-corrected chi connectivity index (χ2v) is 6.38. The van der Waals surface area contributed by atoms with Crippen LogP contribution in [0, 0.1) is 5.92 Å². The smallest absolute Gasteiger partial charge is 0.237 e. The van der Waals surface area contributed by atoms with E-state index in [0.29, 0.717) is 25.7 Å². The summed E-state index contributed by atoms with van der Waals surface area (Å²) in [6.45, 7) is 11.8. The van der Waals surface area contributed by atoms with Crippen LogP contribution < -0.4 is 11.1 Å². The van der Waals surface area contributed by atoms with Crippen LogP contribution in [0.5, 0.6) is 0 Å². The molecule has 7 heteroatoms. The average molecular weight is 358 g/mol. The lowest BCUT2D eigenvalue weighted by Gasteiger charge is -2.38. The van der Waals surface area contributed by atoms with Gasteiger partial charge in [-0.3, -0.25) is 9.69 Å². The molecule has 0 aromatic rings. The molecule has 1 unspecified atom stereocenters. The van der Waals surface area contributed by atoms with Crippen LogP contribution in [0.3, 0.4) is 0 Å². The van der Waals surface area contributed by atoms with Crippen molar-refractivity contribution in [3.05, 3.63) is 0 Å². The Balaban J connectivity index is 0. The molecule has 1 aliphatic heterocycles. The van der Waals surface area contributed by atoms with Gasteiger partial charge in [-0.1, -0.05) is 26.7 Å². The van der Waals surface area contributed by atoms with E-state index in [0.717, 1.165) is 25.9 Å². The highest BCUT2D eigenvalue weighted by molar-refractivity contribution is 5.85. The molecule has 0 saturated carbocycles. The second kappa shape index (κ2) is 11.5. The van der Waals surface area contributed by atoms with Gasteiger partial charge in [0.2, 0.25) is 5.91 Å². The highest BCUT2D eigenvalue weighted by Crippen LogP contribution is 2.20. The predicted octanol–water partition coefficient (Wildman–Crippen LogP) is 1.82. The van der Waals surface area contributed by atoms with Gasteiger partial charge in [-0.05, 0) is 19.8 Å². The first kappa shape index (κ1) is 24.2. The van der Waals surface area contributed by atoms with E-state index in [2.05, 4.69) is 24.1 Å². The number of hydrogen-bond donors (Lipinski definition) is 2. The Morgan fingerprint density at radius 3 is 2.14 bits per heavy atom. The Labute approximate surface area is 147 Å². The zero-order valence-corrected chi connectivity index (χ0v) is 15.9. The van der Waals surface area contributed by atoms with E-state index < -0.39 is 0 Å². The molecular formula is C15H33Cl2N3O2. The van der Waals surface area contributed by atoms with Gasteiger partial charge < -0.3 is 15.8 Å². The Kier molecular flexibility index (Phi) is 12.6. The molecule has 1 saturated heterocycles. The third-order valence-electron chi connectivity index (χ3n) is 3.92. The third kappa shape index (κ3) is 7.97. The average Bonchev–Trinajstić information content (AvgIpc) is 2.42. The number of rotatable bonds is 7. The molecule has 3 N–H and O–H groups in total. The van der Waals surface area contributed by atoms with Gasteiger partial charge in [-0.2, -0.15) is 0 Å². The summed E-state index contributed by atoms with van der Waals surface area (Å²) in [5.74, 6) is 0.494. The molecule has 0 aliphatic carbocycles. The lowest BCUT2D eigenvalue weighted by molar-refractivity contribution is -0.131. The highest BCUT2D eigenvalue weighted by Gasteiger charge is 2.33. The quantitative estimate of drug-likeness (QED) is 0.729. The van der Waals surface area contributed by atoms with Crippen molar-refractivity contribution < 1.29 is 9.53 Å². The van der Waals surface area contributed by atoms with Crippen LogP contribution >= 0.6 is 24.8 Å². The summed E-state index contributed by atoms with van der Waals surface area (Å²) in [6, 6.07) is -0.0590. The highest BCUT2D eigenvalue weighted by atomic mass is 35.5. The predicted molar refractivity (Wildman–Crippen MR) is 96.0 cm³/mol. The summed E-state index contributed by atoms with van der Waals surface area (Å²) in [5.41, 5.74) is 5.58. The van der Waals surface area contributed by atoms with E-state index in [1.54, 1.807) is 0 Å². The van der Waals surface area contributed by atoms with E-state index in [4.69, 9.17) is 10.5 Å². The third-order valence-corrected chi connectivity index (χ3v) is 3.92. The molecule has 1 atom stereocenters. The Morgan fingerprint density at radius 1 is 1.23 bits per heavy atom. The van der Waals surface area contributed by atoms with Crippen molar-refractivity contribution >= 4 is 30.7 Å². The largest absolute Gasteiger partial charge is 0.379 e. The summed E-state index contributed by atoms with van der Waals surface area (Å²) in [4.78, 5) is 14.9. The molecule has 22 heavy (non-hydrogen) atoms. The van der Waals surface area contributed by atoms with Crippen LogP contribution in [-0.2, 0) is 9.53 Å². The minimum absolute atomic E-state index is 0. The van der Waals surface area contributed by atoms with Gasteiger partial charge in [0.25, 0.3) is 0 Å². The van der Waals surface area contributed by atoms with Crippen LogP contribution in [0.2, 0.25) is 0 Å². The van der Waals surface area contributed by atoms with E-state index in [1.807, 2.05) is 13.8 Å². The maximum atomic E-state index is 12.6. The molecule has 1 amide bonds. The number of carbonyl (C=O) groups is 1. The maximum absolute atomic E-state index is 12.6. The second-order valence-electron chi connectivity index (χ2n) is 6.38. The molecule has 0 aromatic heterocycles. The molecule has 5 nitrogen and oxygen atoms in total. The number of ether oxygens (including phenoxy) is 1. The minimum Gasteiger partial charge on any atom is -0.379 e. The topological polar surface area (TPSA) is 67.6 Å². The van der Waals surface area contributed by atoms with Crippen molar-refractivity contribution in [1.82, 2.24) is 10.2 Å². The standard InChI is InChI=1S/C15H31N3O2.2ClH/c1-5-12(6-2)13(18-7-9-20-10-8-18)14(19)17-11-15(3,4)16;;/h12-13H,5-11,16H2,1-4H3,(H,17,19);2*1H. The molecule has 0 spiro atoms. The van der Waals surface area contributed by atoms with Crippen LogP contribution in [0.1, 0.15) is 40.5 Å². The Morgan fingerprint density at radius 2 is 1.73 bits per heavy atom. The van der Waals surface area contributed by atoms with Gasteiger partial charge in [0.1, 0.15) is 0 Å². The number of nitrogens with two attached hydrogens (primary N) is 1. The molecule has 0 bridgehead atoms. The first-order valence-corrected chi connectivity index (χ1v) is 7.77. The molecule has 0 aromatic carbocycles. The number of nitrogens with one attached hydrogen (secondary N) is 1. The first-order chi connectivity index (χ1) is 9.39. The number of halogens is 2. The van der Waals surface area contributed by atoms with Gasteiger partial charge in [-0.15, -0.1) is 24.8 Å². The number of carbonyl (C=O) groups excluding carboxylic acids is 1. The van der Waals surface area contributed by atoms with Gasteiger partial charge in [-0.25, -0.2) is 0 Å². The number of amides is 1. The molecular weight excluding hydrogens is 325 g/mol. The van der Waals surface area contributed by atoms with Gasteiger partial charge >= 0.3 is 0 Å². The van der Waals surface area contributed by atoms with Crippen LogP contribution in [-0.4, -0.2) is 55.2 Å². The van der Waals surface area contributed by atoms with Crippen molar-refractivity contribution in [2.75, 3.05) is 32.8 Å². The van der Waals surface area contributed by atoms with Crippen molar-refractivity contribution in [3.8, 4) is 0 Å². The fraction of sp³-hybridized carbons (Fsp3) is 0.933. The molecule has 1 heterocycles. The summed E-state index contributed by atoms with van der Waals surface area (Å²) in [7, 11) is 0. The van der Waals surface area contributed by atoms with Crippen LogP contribution in [0.4, 0.5) is 0 Å². The fourth-order valence-corrected chi connectivity index (χ4v) is 2.69. The van der Waals surface area contributed by atoms with Gasteiger partial charge in [0.05, 0.1) is 19.3 Å². The molecule has 1 fully saturated rings. The molecule has 1 rings (SSSR count). The van der Waals surface area contributed by atoms with Crippen LogP contribution in [0.15, 0.2) is 0 Å². The SMILES string of the molecule is CCC(CC)C(C(=O)NCC(C)(C)N)N1CCOCC1.Cl.Cl.